The Kier molecular flexibility index (Phi) is 5.62. The number of carbonyl (C=O) groups excluding carboxylic acids is 3. The third-order valence-electron chi connectivity index (χ3n) is 6.26. The Labute approximate surface area is 180 Å². The van der Waals surface area contributed by atoms with Crippen LogP contribution in [-0.2, 0) is 25.5 Å². The highest BCUT2D eigenvalue weighted by Crippen LogP contribution is 2.50. The molecule has 2 amide bonds. The number of amides is 2. The highest BCUT2D eigenvalue weighted by Gasteiger charge is 2.68. The summed E-state index contributed by atoms with van der Waals surface area (Å²) in [6.45, 7) is 3.82. The number of ether oxygens (including phenoxy) is 1. The zero-order valence-corrected chi connectivity index (χ0v) is 17.5. The van der Waals surface area contributed by atoms with Gasteiger partial charge in [-0.25, -0.2) is 4.39 Å². The van der Waals surface area contributed by atoms with E-state index in [4.69, 9.17) is 4.74 Å². The zero-order chi connectivity index (χ0) is 22.2. The first-order valence-electron chi connectivity index (χ1n) is 10.5. The third kappa shape index (κ3) is 3.43. The van der Waals surface area contributed by atoms with Gasteiger partial charge in [0.2, 0.25) is 11.8 Å². The molecule has 0 bridgehead atoms. The molecule has 31 heavy (non-hydrogen) atoms. The topological polar surface area (TPSA) is 75.7 Å². The smallest absolute Gasteiger partial charge is 0.327 e. The minimum Gasteiger partial charge on any atom is -0.465 e. The largest absolute Gasteiger partial charge is 0.465 e. The van der Waals surface area contributed by atoms with E-state index in [0.717, 1.165) is 5.56 Å². The van der Waals surface area contributed by atoms with Crippen LogP contribution in [0.1, 0.15) is 31.0 Å². The van der Waals surface area contributed by atoms with Crippen LogP contribution < -0.4 is 5.32 Å². The minimum atomic E-state index is -1.41. The van der Waals surface area contributed by atoms with E-state index in [1.165, 1.54) is 17.0 Å². The molecule has 4 atom stereocenters. The maximum atomic E-state index is 13.5. The number of likely N-dealkylation sites (tertiary alicyclic amines) is 1. The average molecular weight is 424 g/mol. The number of fused-ring (bicyclic) bond motifs is 1. The number of hydrogen-bond donors (Lipinski definition) is 1. The van der Waals surface area contributed by atoms with Crippen molar-refractivity contribution in [3.8, 4) is 0 Å². The number of halogens is 1. The van der Waals surface area contributed by atoms with Crippen LogP contribution in [0.2, 0.25) is 0 Å². The number of benzene rings is 2. The van der Waals surface area contributed by atoms with Gasteiger partial charge in [0.1, 0.15) is 11.4 Å². The Balaban J connectivity index is 1.86. The molecule has 2 aromatic carbocycles. The van der Waals surface area contributed by atoms with Crippen LogP contribution in [0.4, 0.5) is 4.39 Å². The summed E-state index contributed by atoms with van der Waals surface area (Å²) in [5.41, 5.74) is 0.0871. The molecule has 2 aromatic rings. The van der Waals surface area contributed by atoms with Crippen LogP contribution in [0.15, 0.2) is 54.6 Å². The highest BCUT2D eigenvalue weighted by atomic mass is 19.1. The average Bonchev–Trinajstić information content (AvgIpc) is 3.24. The second-order valence-corrected chi connectivity index (χ2v) is 7.95. The van der Waals surface area contributed by atoms with Crippen LogP contribution in [0, 0.1) is 17.7 Å². The Hall–Kier alpha value is -3.06. The van der Waals surface area contributed by atoms with Crippen molar-refractivity contribution < 1.29 is 23.5 Å². The summed E-state index contributed by atoms with van der Waals surface area (Å²) in [5.74, 6) is -3.33. The summed E-state index contributed by atoms with van der Waals surface area (Å²) < 4.78 is 19.0. The van der Waals surface area contributed by atoms with E-state index >= 15 is 0 Å². The molecule has 2 aliphatic rings. The van der Waals surface area contributed by atoms with Gasteiger partial charge in [0, 0.05) is 19.0 Å². The Morgan fingerprint density at radius 3 is 2.35 bits per heavy atom. The molecule has 0 aliphatic carbocycles. The number of esters is 1. The lowest BCUT2D eigenvalue weighted by Gasteiger charge is -2.33. The molecule has 7 heteroatoms. The fourth-order valence-corrected chi connectivity index (χ4v) is 4.93. The Morgan fingerprint density at radius 1 is 1.06 bits per heavy atom. The van der Waals surface area contributed by atoms with Gasteiger partial charge in [-0.1, -0.05) is 42.5 Å². The van der Waals surface area contributed by atoms with Gasteiger partial charge < -0.3 is 4.74 Å². The molecule has 0 saturated carbocycles. The molecule has 4 rings (SSSR count). The summed E-state index contributed by atoms with van der Waals surface area (Å²) >= 11 is 0. The SMILES string of the molecule is CCOC(=O)[C@]1(Cc2ccccc2)N[C@H](c2ccc(F)cc2)[C@H]2C(=O)N(CC)C(=O)[C@H]21. The number of rotatable bonds is 6. The first kappa shape index (κ1) is 21.2. The molecule has 2 heterocycles. The second kappa shape index (κ2) is 8.23. The summed E-state index contributed by atoms with van der Waals surface area (Å²) in [6.07, 6.45) is 0.197. The number of carbonyl (C=O) groups is 3. The normalized spacial score (nSPS) is 27.5. The van der Waals surface area contributed by atoms with Gasteiger partial charge in [-0.2, -0.15) is 0 Å². The van der Waals surface area contributed by atoms with E-state index in [1.807, 2.05) is 30.3 Å². The van der Waals surface area contributed by atoms with Gasteiger partial charge >= 0.3 is 5.97 Å². The van der Waals surface area contributed by atoms with Gasteiger partial charge in [-0.3, -0.25) is 24.6 Å². The van der Waals surface area contributed by atoms with Crippen LogP contribution in [-0.4, -0.2) is 41.4 Å². The summed E-state index contributed by atoms with van der Waals surface area (Å²) in [5, 5.41) is 3.32. The van der Waals surface area contributed by atoms with Crippen molar-refractivity contribution in [1.82, 2.24) is 10.2 Å². The second-order valence-electron chi connectivity index (χ2n) is 7.95. The van der Waals surface area contributed by atoms with Crippen molar-refractivity contribution in [2.24, 2.45) is 11.8 Å². The van der Waals surface area contributed by atoms with Gasteiger partial charge in [0.05, 0.1) is 18.4 Å². The molecule has 0 unspecified atom stereocenters. The van der Waals surface area contributed by atoms with Crippen molar-refractivity contribution in [1.29, 1.82) is 0 Å². The standard InChI is InChI=1S/C24H25FN2O4/c1-3-27-21(28)18-19(22(27)29)24(23(30)31-4-2,14-15-8-6-5-7-9-15)26-20(18)16-10-12-17(25)13-11-16/h5-13,18-20,26H,3-4,14H2,1-2H3/t18-,19-,20+,24+/m0/s1. The molecule has 162 valence electrons. The Bertz CT molecular complexity index is 994. The fraction of sp³-hybridized carbons (Fsp3) is 0.375. The van der Waals surface area contributed by atoms with Crippen molar-refractivity contribution in [2.75, 3.05) is 13.2 Å². The summed E-state index contributed by atoms with van der Waals surface area (Å²) in [4.78, 5) is 41.2. The number of hydrogen-bond acceptors (Lipinski definition) is 5. The molecule has 1 N–H and O–H groups in total. The van der Waals surface area contributed by atoms with Crippen LogP contribution >= 0.6 is 0 Å². The van der Waals surface area contributed by atoms with Crippen LogP contribution in [0.25, 0.3) is 0 Å². The predicted octanol–water partition coefficient (Wildman–Crippen LogP) is 2.64. The lowest BCUT2D eigenvalue weighted by molar-refractivity contribution is -0.156. The van der Waals surface area contributed by atoms with Crippen LogP contribution in [0.3, 0.4) is 0 Å². The van der Waals surface area contributed by atoms with E-state index < -0.39 is 35.2 Å². The third-order valence-corrected chi connectivity index (χ3v) is 6.26. The minimum absolute atomic E-state index is 0.148. The van der Waals surface area contributed by atoms with Gasteiger partial charge in [0.15, 0.2) is 0 Å². The lowest BCUT2D eigenvalue weighted by atomic mass is 9.76. The molecule has 0 aromatic heterocycles. The number of nitrogens with zero attached hydrogens (tertiary/aromatic N) is 1. The van der Waals surface area contributed by atoms with Gasteiger partial charge in [0.25, 0.3) is 0 Å². The molecule has 2 aliphatic heterocycles. The number of imide groups is 1. The number of nitrogens with one attached hydrogen (secondary N) is 1. The van der Waals surface area contributed by atoms with E-state index in [0.29, 0.717) is 5.56 Å². The van der Waals surface area contributed by atoms with Gasteiger partial charge in [-0.05, 0) is 37.1 Å². The van der Waals surface area contributed by atoms with E-state index in [1.54, 1.807) is 26.0 Å². The molecule has 2 saturated heterocycles. The maximum absolute atomic E-state index is 13.5. The molecule has 0 spiro atoms. The molecule has 2 fully saturated rings. The molecule has 6 nitrogen and oxygen atoms in total. The van der Waals surface area contributed by atoms with Crippen molar-refractivity contribution in [3.63, 3.8) is 0 Å². The predicted molar refractivity (Wildman–Crippen MR) is 111 cm³/mol. The fourth-order valence-electron chi connectivity index (χ4n) is 4.93. The van der Waals surface area contributed by atoms with Crippen LogP contribution in [0.5, 0.6) is 0 Å². The highest BCUT2D eigenvalue weighted by molar-refractivity contribution is 6.09. The summed E-state index contributed by atoms with van der Waals surface area (Å²) in [6, 6.07) is 14.5. The van der Waals surface area contributed by atoms with E-state index in [-0.39, 0.29) is 31.4 Å². The molecular formula is C24H25FN2O4. The Morgan fingerprint density at radius 2 is 1.74 bits per heavy atom. The van der Waals surface area contributed by atoms with Crippen molar-refractivity contribution in [3.05, 3.63) is 71.5 Å². The first-order chi connectivity index (χ1) is 14.9. The molecule has 0 radical (unpaired) electrons. The van der Waals surface area contributed by atoms with Crippen molar-refractivity contribution in [2.45, 2.75) is 31.8 Å². The quantitative estimate of drug-likeness (QED) is 0.570. The van der Waals surface area contributed by atoms with E-state index in [2.05, 4.69) is 5.32 Å². The lowest BCUT2D eigenvalue weighted by Crippen LogP contribution is -2.58. The van der Waals surface area contributed by atoms with Gasteiger partial charge in [-0.15, -0.1) is 0 Å². The maximum Gasteiger partial charge on any atom is 0.327 e. The molecular weight excluding hydrogens is 399 g/mol. The summed E-state index contributed by atoms with van der Waals surface area (Å²) in [7, 11) is 0. The van der Waals surface area contributed by atoms with E-state index in [9.17, 15) is 18.8 Å². The monoisotopic (exact) mass is 424 g/mol. The first-order valence-corrected chi connectivity index (χ1v) is 10.5. The zero-order valence-electron chi connectivity index (χ0n) is 17.5. The van der Waals surface area contributed by atoms with Crippen molar-refractivity contribution >= 4 is 17.8 Å².